The molecule has 0 spiro atoms. The molecule has 3 aromatic rings. The third-order valence-electron chi connectivity index (χ3n) is 4.70. The van der Waals surface area contributed by atoms with Crippen LogP contribution < -0.4 is 0 Å². The van der Waals surface area contributed by atoms with Crippen LogP contribution in [0.3, 0.4) is 0 Å². The summed E-state index contributed by atoms with van der Waals surface area (Å²) in [5.74, 6) is -0.978. The number of carboxylic acids is 1. The van der Waals surface area contributed by atoms with Gasteiger partial charge in [0.05, 0.1) is 6.61 Å². The van der Waals surface area contributed by atoms with Crippen LogP contribution in [-0.4, -0.2) is 11.1 Å². The molecule has 0 unspecified atom stereocenters. The first-order valence-electron chi connectivity index (χ1n) is 8.83. The molecule has 1 N–H and O–H groups in total. The Morgan fingerprint density at radius 1 is 0.926 bits per heavy atom. The highest BCUT2D eigenvalue weighted by Crippen LogP contribution is 2.31. The first kappa shape index (κ1) is 19.2. The topological polar surface area (TPSA) is 46.5 Å². The summed E-state index contributed by atoms with van der Waals surface area (Å²) in [6.45, 7) is 2.04. The molecule has 0 amide bonds. The molecule has 0 saturated carbocycles. The maximum atomic E-state index is 12.0. The lowest BCUT2D eigenvalue weighted by atomic mass is 9.91. The van der Waals surface area contributed by atoms with Crippen LogP contribution in [0.5, 0.6) is 0 Å². The quantitative estimate of drug-likeness (QED) is 0.553. The van der Waals surface area contributed by atoms with E-state index in [-0.39, 0.29) is 6.61 Å². The summed E-state index contributed by atoms with van der Waals surface area (Å²) >= 11 is 5.93. The van der Waals surface area contributed by atoms with Crippen molar-refractivity contribution in [2.24, 2.45) is 0 Å². The molecule has 0 aliphatic heterocycles. The number of aliphatic carboxylic acids is 1. The molecule has 27 heavy (non-hydrogen) atoms. The molecule has 3 rings (SSSR count). The molecule has 1 atom stereocenters. The van der Waals surface area contributed by atoms with E-state index >= 15 is 0 Å². The minimum Gasteiger partial charge on any atom is -0.479 e. The van der Waals surface area contributed by atoms with E-state index in [0.717, 1.165) is 16.7 Å². The van der Waals surface area contributed by atoms with Gasteiger partial charge in [0.25, 0.3) is 0 Å². The van der Waals surface area contributed by atoms with E-state index in [2.05, 4.69) is 0 Å². The van der Waals surface area contributed by atoms with Gasteiger partial charge in [-0.1, -0.05) is 85.3 Å². The third kappa shape index (κ3) is 4.21. The smallest absolute Gasteiger partial charge is 0.340 e. The number of rotatable bonds is 7. The average Bonchev–Trinajstić information content (AvgIpc) is 2.70. The van der Waals surface area contributed by atoms with Crippen molar-refractivity contribution in [2.45, 2.75) is 25.6 Å². The number of halogens is 1. The molecule has 3 aromatic carbocycles. The zero-order valence-corrected chi connectivity index (χ0v) is 15.8. The number of carboxylic acid groups (broad SMARTS) is 1. The van der Waals surface area contributed by atoms with Crippen LogP contribution in [-0.2, 0) is 21.7 Å². The summed E-state index contributed by atoms with van der Waals surface area (Å²) in [6, 6.07) is 24.7. The Morgan fingerprint density at radius 3 is 2.00 bits per heavy atom. The van der Waals surface area contributed by atoms with Crippen LogP contribution >= 0.6 is 11.6 Å². The zero-order chi connectivity index (χ0) is 19.3. The van der Waals surface area contributed by atoms with E-state index in [0.29, 0.717) is 17.0 Å². The van der Waals surface area contributed by atoms with Gasteiger partial charge in [0, 0.05) is 5.02 Å². The Kier molecular flexibility index (Phi) is 5.94. The molecule has 0 fully saturated rings. The molecule has 0 aliphatic rings. The van der Waals surface area contributed by atoms with Crippen molar-refractivity contribution < 1.29 is 14.6 Å². The molecule has 0 radical (unpaired) electrons. The summed E-state index contributed by atoms with van der Waals surface area (Å²) in [7, 11) is 0. The lowest BCUT2D eigenvalue weighted by Crippen LogP contribution is -2.38. The van der Waals surface area contributed by atoms with Crippen molar-refractivity contribution in [3.63, 3.8) is 0 Å². The van der Waals surface area contributed by atoms with Crippen LogP contribution in [0.1, 0.15) is 24.5 Å². The molecule has 0 aromatic heterocycles. The number of hydrogen-bond acceptors (Lipinski definition) is 2. The van der Waals surface area contributed by atoms with Gasteiger partial charge in [-0.25, -0.2) is 4.79 Å². The Balaban J connectivity index is 1.78. The van der Waals surface area contributed by atoms with E-state index in [4.69, 9.17) is 16.3 Å². The molecule has 0 bridgehead atoms. The fraction of sp³-hybridized carbons (Fsp3) is 0.174. The molecule has 3 nitrogen and oxygen atoms in total. The highest BCUT2D eigenvalue weighted by atomic mass is 35.5. The molecule has 0 aliphatic carbocycles. The Morgan fingerprint density at radius 2 is 1.48 bits per heavy atom. The Hall–Kier alpha value is -2.62. The lowest BCUT2D eigenvalue weighted by Gasteiger charge is -2.29. The molecule has 4 heteroatoms. The highest BCUT2D eigenvalue weighted by molar-refractivity contribution is 6.30. The van der Waals surface area contributed by atoms with Gasteiger partial charge in [-0.05, 0) is 40.8 Å². The molecular formula is C23H21ClO3. The predicted molar refractivity (Wildman–Crippen MR) is 108 cm³/mol. The van der Waals surface area contributed by atoms with Gasteiger partial charge in [-0.3, -0.25) is 0 Å². The van der Waals surface area contributed by atoms with Crippen molar-refractivity contribution in [2.75, 3.05) is 0 Å². The second-order valence-corrected chi connectivity index (χ2v) is 6.78. The summed E-state index contributed by atoms with van der Waals surface area (Å²) in [5.41, 5.74) is 2.36. The molecule has 0 saturated heterocycles. The number of hydrogen-bond donors (Lipinski definition) is 1. The first-order valence-corrected chi connectivity index (χ1v) is 9.21. The summed E-state index contributed by atoms with van der Waals surface area (Å²) < 4.78 is 5.96. The summed E-state index contributed by atoms with van der Waals surface area (Å²) in [6.07, 6.45) is 0.342. The van der Waals surface area contributed by atoms with Crippen molar-refractivity contribution in [1.29, 1.82) is 0 Å². The van der Waals surface area contributed by atoms with E-state index in [1.54, 1.807) is 12.1 Å². The van der Waals surface area contributed by atoms with Gasteiger partial charge in [0.15, 0.2) is 5.60 Å². The second-order valence-electron chi connectivity index (χ2n) is 6.34. The molecular weight excluding hydrogens is 360 g/mol. The average molecular weight is 381 g/mol. The maximum absolute atomic E-state index is 12.0. The maximum Gasteiger partial charge on any atom is 0.340 e. The molecule has 0 heterocycles. The first-order chi connectivity index (χ1) is 13.0. The van der Waals surface area contributed by atoms with Crippen molar-refractivity contribution >= 4 is 17.6 Å². The number of carbonyl (C=O) groups is 1. The van der Waals surface area contributed by atoms with Crippen LogP contribution in [0.15, 0.2) is 78.9 Å². The second kappa shape index (κ2) is 8.38. The Labute approximate surface area is 164 Å². The van der Waals surface area contributed by atoms with Crippen molar-refractivity contribution in [1.82, 2.24) is 0 Å². The fourth-order valence-corrected chi connectivity index (χ4v) is 3.20. The minimum absolute atomic E-state index is 0.218. The van der Waals surface area contributed by atoms with Gasteiger partial charge in [-0.2, -0.15) is 0 Å². The number of benzene rings is 3. The van der Waals surface area contributed by atoms with Gasteiger partial charge < -0.3 is 9.84 Å². The zero-order valence-electron chi connectivity index (χ0n) is 15.1. The van der Waals surface area contributed by atoms with Gasteiger partial charge in [0.1, 0.15) is 0 Å². The largest absolute Gasteiger partial charge is 0.479 e. The fourth-order valence-electron chi connectivity index (χ4n) is 3.08. The van der Waals surface area contributed by atoms with E-state index < -0.39 is 11.6 Å². The monoisotopic (exact) mass is 380 g/mol. The van der Waals surface area contributed by atoms with Crippen LogP contribution in [0.25, 0.3) is 11.1 Å². The summed E-state index contributed by atoms with van der Waals surface area (Å²) in [4.78, 5) is 12.0. The lowest BCUT2D eigenvalue weighted by molar-refractivity contribution is -0.170. The van der Waals surface area contributed by atoms with Gasteiger partial charge in [0.2, 0.25) is 0 Å². The predicted octanol–water partition coefficient (Wildman–Crippen LogP) is 5.91. The number of ether oxygens (including phenoxy) is 1. The van der Waals surface area contributed by atoms with Gasteiger partial charge >= 0.3 is 5.97 Å². The SMILES string of the molecule is CC[C@](OCc1ccc(-c2ccc(Cl)cc2)cc1)(C(=O)O)c1ccccc1. The third-order valence-corrected chi connectivity index (χ3v) is 4.95. The standard InChI is InChI=1S/C23H21ClO3/c1-2-23(22(25)26,20-6-4-3-5-7-20)27-16-17-8-10-18(11-9-17)19-12-14-21(24)15-13-19/h3-15H,2,16H2,1H3,(H,25,26)/t23-/m1/s1. The van der Waals surface area contributed by atoms with Crippen LogP contribution in [0.4, 0.5) is 0 Å². The molecule has 138 valence electrons. The van der Waals surface area contributed by atoms with E-state index in [9.17, 15) is 9.90 Å². The minimum atomic E-state index is -1.35. The van der Waals surface area contributed by atoms with E-state index in [1.165, 1.54) is 0 Å². The Bertz CT molecular complexity index is 889. The van der Waals surface area contributed by atoms with Gasteiger partial charge in [-0.15, -0.1) is 0 Å². The van der Waals surface area contributed by atoms with Crippen LogP contribution in [0.2, 0.25) is 5.02 Å². The van der Waals surface area contributed by atoms with E-state index in [1.807, 2.05) is 73.7 Å². The highest BCUT2D eigenvalue weighted by Gasteiger charge is 2.39. The summed E-state index contributed by atoms with van der Waals surface area (Å²) in [5, 5.41) is 10.5. The normalized spacial score (nSPS) is 13.1. The van der Waals surface area contributed by atoms with Crippen LogP contribution in [0, 0.1) is 0 Å². The van der Waals surface area contributed by atoms with Crippen molar-refractivity contribution in [3.05, 3.63) is 95.0 Å². The van der Waals surface area contributed by atoms with Crippen molar-refractivity contribution in [3.8, 4) is 11.1 Å².